The van der Waals surface area contributed by atoms with Crippen molar-refractivity contribution in [2.75, 3.05) is 37.2 Å². The normalized spacial score (nSPS) is 9.87. The number of ether oxygens (including phenoxy) is 1. The van der Waals surface area contributed by atoms with Gasteiger partial charge in [-0.2, -0.15) is 9.97 Å². The fourth-order valence-electron chi connectivity index (χ4n) is 2.17. The van der Waals surface area contributed by atoms with E-state index in [2.05, 4.69) is 35.9 Å². The summed E-state index contributed by atoms with van der Waals surface area (Å²) in [4.78, 5) is 25.6. The number of carboxylic acid groups (broad SMARTS) is 1. The lowest BCUT2D eigenvalue weighted by molar-refractivity contribution is 0.0696. The van der Waals surface area contributed by atoms with Crippen molar-refractivity contribution in [2.45, 2.75) is 0 Å². The molecule has 4 N–H and O–H groups in total. The molecule has 2 aromatic heterocycles. The monoisotopic (exact) mass is 453 g/mol. The van der Waals surface area contributed by atoms with E-state index in [4.69, 9.17) is 21.4 Å². The van der Waals surface area contributed by atoms with E-state index in [1.165, 1.54) is 32.4 Å². The van der Waals surface area contributed by atoms with Crippen molar-refractivity contribution < 1.29 is 23.4 Å². The zero-order valence-electron chi connectivity index (χ0n) is 16.6. The van der Waals surface area contributed by atoms with Gasteiger partial charge in [-0.25, -0.2) is 23.5 Å². The molecule has 3 rings (SSSR count). The molecule has 0 spiro atoms. The van der Waals surface area contributed by atoms with Crippen molar-refractivity contribution in [1.82, 2.24) is 19.9 Å². The van der Waals surface area contributed by atoms with Gasteiger partial charge in [-0.1, -0.05) is 0 Å². The number of anilines is 4. The lowest BCUT2D eigenvalue weighted by Crippen LogP contribution is -2.04. The van der Waals surface area contributed by atoms with E-state index < -0.39 is 17.6 Å². The highest BCUT2D eigenvalue weighted by atomic mass is 35.5. The van der Waals surface area contributed by atoms with Crippen LogP contribution < -0.4 is 20.7 Å². The van der Waals surface area contributed by atoms with Gasteiger partial charge in [0.25, 0.3) is 0 Å². The van der Waals surface area contributed by atoms with E-state index in [1.54, 1.807) is 7.05 Å². The Hall–Kier alpha value is -3.80. The summed E-state index contributed by atoms with van der Waals surface area (Å²) < 4.78 is 30.9. The quantitative estimate of drug-likeness (QED) is 0.411. The minimum atomic E-state index is -1.06. The smallest absolute Gasteiger partial charge is 0.335 e. The summed E-state index contributed by atoms with van der Waals surface area (Å²) >= 11 is 5.37. The van der Waals surface area contributed by atoms with Gasteiger partial charge in [0.05, 0.1) is 30.8 Å². The summed E-state index contributed by atoms with van der Waals surface area (Å²) in [5, 5.41) is 16.9. The average molecular weight is 454 g/mol. The molecule has 0 bridgehead atoms. The molecular weight excluding hydrogens is 436 g/mol. The van der Waals surface area contributed by atoms with Crippen molar-refractivity contribution in [3.63, 3.8) is 0 Å². The van der Waals surface area contributed by atoms with Crippen LogP contribution in [-0.4, -0.2) is 52.2 Å². The number of rotatable bonds is 6. The maximum Gasteiger partial charge on any atom is 0.335 e. The zero-order chi connectivity index (χ0) is 23.0. The molecule has 0 amide bonds. The number of nitrogens with one attached hydrogen (secondary N) is 3. The first kappa shape index (κ1) is 23.5. The molecule has 2 heterocycles. The molecule has 0 aliphatic heterocycles. The number of carboxylic acids is 1. The van der Waals surface area contributed by atoms with Crippen LogP contribution in [-0.2, 0) is 0 Å². The molecule has 0 radical (unpaired) electrons. The van der Waals surface area contributed by atoms with Crippen LogP contribution in [0.5, 0.6) is 5.75 Å². The van der Waals surface area contributed by atoms with Crippen LogP contribution in [0.15, 0.2) is 30.6 Å². The number of hydrogen-bond acceptors (Lipinski definition) is 9. The van der Waals surface area contributed by atoms with E-state index in [0.29, 0.717) is 11.4 Å². The minimum absolute atomic E-state index is 0.0331. The predicted octanol–water partition coefficient (Wildman–Crippen LogP) is 3.42. The Labute approximate surface area is 180 Å². The molecule has 0 aliphatic carbocycles. The fourth-order valence-corrected chi connectivity index (χ4v) is 2.30. The zero-order valence-corrected chi connectivity index (χ0v) is 17.3. The number of benzene rings is 1. The number of nitrogens with zero attached hydrogens (tertiary/aromatic N) is 4. The van der Waals surface area contributed by atoms with E-state index in [0.717, 1.165) is 12.4 Å². The first-order chi connectivity index (χ1) is 14.8. The number of aromatic nitrogens is 4. The molecule has 13 heteroatoms. The van der Waals surface area contributed by atoms with Crippen molar-refractivity contribution in [3.8, 4) is 5.75 Å². The van der Waals surface area contributed by atoms with Gasteiger partial charge in [0.15, 0.2) is 23.3 Å². The van der Waals surface area contributed by atoms with Gasteiger partial charge in [-0.15, -0.1) is 0 Å². The SMILES string of the molecule is CNc1nc(Cl)ncc1F.CNc1nc(Nc2ccc(C(=O)O)cc2OC)ncc1F. The van der Waals surface area contributed by atoms with Crippen LogP contribution in [0.2, 0.25) is 5.28 Å². The molecule has 0 atom stereocenters. The minimum Gasteiger partial charge on any atom is -0.495 e. The van der Waals surface area contributed by atoms with Crippen molar-refractivity contribution in [1.29, 1.82) is 0 Å². The van der Waals surface area contributed by atoms with Crippen molar-refractivity contribution in [2.24, 2.45) is 0 Å². The predicted molar refractivity (Wildman–Crippen MR) is 111 cm³/mol. The fraction of sp³-hybridized carbons (Fsp3) is 0.167. The second-order valence-electron chi connectivity index (χ2n) is 5.57. The largest absolute Gasteiger partial charge is 0.495 e. The maximum atomic E-state index is 13.3. The molecule has 0 saturated carbocycles. The summed E-state index contributed by atoms with van der Waals surface area (Å²) in [6.45, 7) is 0. The van der Waals surface area contributed by atoms with Gasteiger partial charge in [0.1, 0.15) is 5.75 Å². The van der Waals surface area contributed by atoms with Gasteiger partial charge in [0.2, 0.25) is 11.2 Å². The van der Waals surface area contributed by atoms with Gasteiger partial charge < -0.3 is 25.8 Å². The third-order valence-corrected chi connectivity index (χ3v) is 3.81. The van der Waals surface area contributed by atoms with Crippen LogP contribution in [0.25, 0.3) is 0 Å². The summed E-state index contributed by atoms with van der Waals surface area (Å²) in [5.41, 5.74) is 0.560. The Morgan fingerprint density at radius 3 is 2.23 bits per heavy atom. The summed E-state index contributed by atoms with van der Waals surface area (Å²) in [6.07, 6.45) is 2.04. The topological polar surface area (TPSA) is 134 Å². The highest BCUT2D eigenvalue weighted by Gasteiger charge is 2.11. The Morgan fingerprint density at radius 2 is 1.68 bits per heavy atom. The molecular formula is C18H18ClF2N7O3. The average Bonchev–Trinajstić information content (AvgIpc) is 2.77. The molecule has 10 nitrogen and oxygen atoms in total. The molecule has 0 unspecified atom stereocenters. The molecule has 3 aromatic rings. The van der Waals surface area contributed by atoms with Crippen LogP contribution in [0.1, 0.15) is 10.4 Å². The molecule has 0 fully saturated rings. The Kier molecular flexibility index (Phi) is 8.20. The second kappa shape index (κ2) is 10.8. The maximum absolute atomic E-state index is 13.3. The van der Waals surface area contributed by atoms with E-state index in [-0.39, 0.29) is 28.4 Å². The van der Waals surface area contributed by atoms with Crippen LogP contribution >= 0.6 is 11.6 Å². The van der Waals surface area contributed by atoms with E-state index in [9.17, 15) is 13.6 Å². The highest BCUT2D eigenvalue weighted by molar-refractivity contribution is 6.28. The number of carbonyl (C=O) groups is 1. The van der Waals surface area contributed by atoms with E-state index in [1.807, 2.05) is 0 Å². The van der Waals surface area contributed by atoms with Crippen molar-refractivity contribution >= 4 is 40.8 Å². The van der Waals surface area contributed by atoms with Crippen LogP contribution in [0.3, 0.4) is 0 Å². The molecule has 0 aliphatic rings. The van der Waals surface area contributed by atoms with Gasteiger partial charge in [-0.05, 0) is 29.8 Å². The Bertz CT molecular complexity index is 1070. The third-order valence-electron chi connectivity index (χ3n) is 3.63. The molecule has 31 heavy (non-hydrogen) atoms. The number of halogens is 3. The van der Waals surface area contributed by atoms with Crippen molar-refractivity contribution in [3.05, 3.63) is 53.1 Å². The van der Waals surface area contributed by atoms with Gasteiger partial charge in [0, 0.05) is 14.1 Å². The highest BCUT2D eigenvalue weighted by Crippen LogP contribution is 2.28. The van der Waals surface area contributed by atoms with E-state index >= 15 is 0 Å². The van der Waals surface area contributed by atoms with Crippen LogP contribution in [0.4, 0.5) is 32.1 Å². The lowest BCUT2D eigenvalue weighted by atomic mass is 10.2. The summed E-state index contributed by atoms with van der Waals surface area (Å²) in [6, 6.07) is 4.30. The third kappa shape index (κ3) is 6.34. The number of methoxy groups -OCH3 is 1. The van der Waals surface area contributed by atoms with Gasteiger partial charge >= 0.3 is 5.97 Å². The summed E-state index contributed by atoms with van der Waals surface area (Å²) in [7, 11) is 4.51. The lowest BCUT2D eigenvalue weighted by Gasteiger charge is -2.11. The summed E-state index contributed by atoms with van der Waals surface area (Å²) in [5.74, 6) is -1.51. The second-order valence-corrected chi connectivity index (χ2v) is 5.91. The molecule has 164 valence electrons. The van der Waals surface area contributed by atoms with Gasteiger partial charge in [-0.3, -0.25) is 0 Å². The first-order valence-electron chi connectivity index (χ1n) is 8.53. The number of hydrogen-bond donors (Lipinski definition) is 4. The number of aromatic carboxylic acids is 1. The van der Waals surface area contributed by atoms with Crippen LogP contribution in [0, 0.1) is 11.6 Å². The molecule has 1 aromatic carbocycles. The first-order valence-corrected chi connectivity index (χ1v) is 8.91. The standard InChI is InChI=1S/C13H13FN4O3.C5H5ClFN3/c1-15-11-8(14)6-16-13(18-11)17-9-4-3-7(12(19)20)5-10(9)21-2;1-8-4-3(7)2-9-5(6)10-4/h3-6H,1-2H3,(H,19,20)(H2,15,16,17,18);2H,1H3,(H,8,9,10). The molecule has 0 saturated heterocycles. The Morgan fingerprint density at radius 1 is 1.06 bits per heavy atom. The Balaban J connectivity index is 0.000000285.